The number of benzene rings is 2. The minimum atomic E-state index is -0.657. The average molecular weight is 406 g/mol. The van der Waals surface area contributed by atoms with Gasteiger partial charge in [0.25, 0.3) is 5.91 Å². The summed E-state index contributed by atoms with van der Waals surface area (Å²) >= 11 is 0. The summed E-state index contributed by atoms with van der Waals surface area (Å²) in [6.07, 6.45) is 2.20. The molecular weight excluding hydrogens is 384 g/mol. The number of carbonyl (C=O) groups is 3. The molecule has 1 atom stereocenters. The number of rotatable bonds is 6. The molecule has 8 nitrogen and oxygen atoms in total. The molecule has 2 aromatic rings. The maximum Gasteiger partial charge on any atom is 0.255 e. The second-order valence-electron chi connectivity index (χ2n) is 7.20. The predicted molar refractivity (Wildman–Crippen MR) is 110 cm³/mol. The number of hydrogen-bond donors (Lipinski definition) is 3. The van der Waals surface area contributed by atoms with Gasteiger partial charge in [-0.1, -0.05) is 24.3 Å². The molecule has 0 spiro atoms. The van der Waals surface area contributed by atoms with Crippen LogP contribution < -0.4 is 21.1 Å². The van der Waals surface area contributed by atoms with Crippen molar-refractivity contribution in [3.63, 3.8) is 0 Å². The number of piperidine rings is 1. The molecule has 2 aliphatic rings. The summed E-state index contributed by atoms with van der Waals surface area (Å²) < 4.78 is 5.86. The van der Waals surface area contributed by atoms with Crippen LogP contribution in [0.15, 0.2) is 60.4 Å². The smallest absolute Gasteiger partial charge is 0.255 e. The van der Waals surface area contributed by atoms with Crippen LogP contribution in [-0.2, 0) is 16.1 Å². The van der Waals surface area contributed by atoms with Crippen LogP contribution in [0, 0.1) is 0 Å². The van der Waals surface area contributed by atoms with E-state index >= 15 is 0 Å². The van der Waals surface area contributed by atoms with Gasteiger partial charge in [0, 0.05) is 29.4 Å². The molecule has 3 amide bonds. The number of anilines is 1. The van der Waals surface area contributed by atoms with Gasteiger partial charge in [-0.05, 0) is 30.7 Å². The minimum absolute atomic E-state index is 0.142. The number of ether oxygens (including phenoxy) is 1. The first kappa shape index (κ1) is 19.5. The molecule has 2 aromatic carbocycles. The molecule has 0 bridgehead atoms. The third-order valence-corrected chi connectivity index (χ3v) is 5.13. The molecule has 1 saturated heterocycles. The first-order valence-corrected chi connectivity index (χ1v) is 9.68. The van der Waals surface area contributed by atoms with Gasteiger partial charge >= 0.3 is 0 Å². The lowest BCUT2D eigenvalue weighted by atomic mass is 10.0. The molecule has 154 valence electrons. The third-order valence-electron chi connectivity index (χ3n) is 5.13. The highest BCUT2D eigenvalue weighted by Crippen LogP contribution is 2.33. The number of imide groups is 1. The molecule has 2 heterocycles. The minimum Gasteiger partial charge on any atom is -0.487 e. The summed E-state index contributed by atoms with van der Waals surface area (Å²) in [4.78, 5) is 37.9. The Morgan fingerprint density at radius 2 is 1.97 bits per heavy atom. The molecule has 8 heteroatoms. The topological polar surface area (TPSA) is 114 Å². The second kappa shape index (κ2) is 8.28. The Morgan fingerprint density at radius 3 is 2.73 bits per heavy atom. The Bertz CT molecular complexity index is 1020. The van der Waals surface area contributed by atoms with Gasteiger partial charge in [0.15, 0.2) is 0 Å². The van der Waals surface area contributed by atoms with Crippen LogP contribution >= 0.6 is 0 Å². The lowest BCUT2D eigenvalue weighted by Crippen LogP contribution is -2.52. The first-order valence-electron chi connectivity index (χ1n) is 9.68. The number of para-hydroxylation sites is 1. The van der Waals surface area contributed by atoms with Crippen LogP contribution in [0.5, 0.6) is 5.75 Å². The van der Waals surface area contributed by atoms with Crippen LogP contribution in [0.1, 0.15) is 28.8 Å². The van der Waals surface area contributed by atoms with Gasteiger partial charge in [-0.2, -0.15) is 0 Å². The zero-order valence-electron chi connectivity index (χ0n) is 16.3. The molecule has 4 N–H and O–H groups in total. The fraction of sp³-hybridized carbons (Fsp3) is 0.227. The van der Waals surface area contributed by atoms with Gasteiger partial charge in [-0.25, -0.2) is 0 Å². The van der Waals surface area contributed by atoms with Crippen molar-refractivity contribution in [1.82, 2.24) is 10.2 Å². The second-order valence-corrected chi connectivity index (χ2v) is 7.20. The van der Waals surface area contributed by atoms with E-state index in [9.17, 15) is 14.4 Å². The molecule has 0 aromatic heterocycles. The van der Waals surface area contributed by atoms with Gasteiger partial charge in [0.2, 0.25) is 11.8 Å². The van der Waals surface area contributed by atoms with E-state index in [4.69, 9.17) is 10.5 Å². The molecular formula is C22H22N4O4. The van der Waals surface area contributed by atoms with E-state index in [-0.39, 0.29) is 31.4 Å². The Kier molecular flexibility index (Phi) is 5.38. The highest BCUT2D eigenvalue weighted by atomic mass is 16.5. The van der Waals surface area contributed by atoms with Crippen molar-refractivity contribution in [1.29, 1.82) is 0 Å². The molecule has 0 radical (unpaired) electrons. The standard InChI is InChI=1S/C22H22N4O4/c23-14(11-24-15-5-2-1-3-6-15)13-30-19-8-4-7-16-17(19)12-26(22(16)29)18-9-10-20(27)25-21(18)28/h1-8,11,18,24H,9-10,12-13,23H2,(H,25,27,28)/b14-11-. The number of nitrogens with one attached hydrogen (secondary N) is 2. The van der Waals surface area contributed by atoms with E-state index in [1.165, 1.54) is 4.90 Å². The van der Waals surface area contributed by atoms with E-state index in [2.05, 4.69) is 10.6 Å². The van der Waals surface area contributed by atoms with Gasteiger partial charge in [0.1, 0.15) is 18.4 Å². The van der Waals surface area contributed by atoms with E-state index in [1.54, 1.807) is 24.4 Å². The Balaban J connectivity index is 1.44. The quantitative estimate of drug-likeness (QED) is 0.630. The summed E-state index contributed by atoms with van der Waals surface area (Å²) in [6.45, 7) is 0.394. The van der Waals surface area contributed by atoms with Crippen molar-refractivity contribution in [2.75, 3.05) is 11.9 Å². The number of amides is 3. The van der Waals surface area contributed by atoms with E-state index in [0.29, 0.717) is 23.4 Å². The summed E-state index contributed by atoms with van der Waals surface area (Å²) in [6, 6.07) is 14.2. The van der Waals surface area contributed by atoms with Crippen molar-refractivity contribution in [3.05, 3.63) is 71.6 Å². The van der Waals surface area contributed by atoms with Crippen molar-refractivity contribution < 1.29 is 19.1 Å². The Morgan fingerprint density at radius 1 is 1.17 bits per heavy atom. The molecule has 1 unspecified atom stereocenters. The summed E-state index contributed by atoms with van der Waals surface area (Å²) in [5.74, 6) is -0.434. The third kappa shape index (κ3) is 3.98. The normalized spacial score (nSPS) is 18.8. The lowest BCUT2D eigenvalue weighted by molar-refractivity contribution is -0.136. The monoisotopic (exact) mass is 406 g/mol. The fourth-order valence-corrected chi connectivity index (χ4v) is 3.61. The van der Waals surface area contributed by atoms with Gasteiger partial charge in [-0.15, -0.1) is 0 Å². The van der Waals surface area contributed by atoms with Gasteiger partial charge < -0.3 is 20.7 Å². The van der Waals surface area contributed by atoms with E-state index in [0.717, 1.165) is 11.3 Å². The summed E-state index contributed by atoms with van der Waals surface area (Å²) in [5.41, 5.74) is 8.65. The zero-order chi connectivity index (χ0) is 21.1. The van der Waals surface area contributed by atoms with Gasteiger partial charge in [0.05, 0.1) is 12.2 Å². The molecule has 30 heavy (non-hydrogen) atoms. The highest BCUT2D eigenvalue weighted by Gasteiger charge is 2.40. The molecule has 1 fully saturated rings. The number of nitrogens with two attached hydrogens (primary N) is 1. The van der Waals surface area contributed by atoms with Crippen LogP contribution in [0.25, 0.3) is 0 Å². The van der Waals surface area contributed by atoms with E-state index < -0.39 is 11.9 Å². The van der Waals surface area contributed by atoms with Crippen molar-refractivity contribution in [2.45, 2.75) is 25.4 Å². The van der Waals surface area contributed by atoms with Crippen molar-refractivity contribution in [3.8, 4) is 5.75 Å². The maximum absolute atomic E-state index is 12.8. The number of nitrogens with zero attached hydrogens (tertiary/aromatic N) is 1. The molecule has 4 rings (SSSR count). The average Bonchev–Trinajstić information content (AvgIpc) is 3.08. The number of fused-ring (bicyclic) bond motifs is 1. The molecule has 0 aliphatic carbocycles. The van der Waals surface area contributed by atoms with Crippen LogP contribution in [-0.4, -0.2) is 35.3 Å². The van der Waals surface area contributed by atoms with Gasteiger partial charge in [-0.3, -0.25) is 19.7 Å². The summed E-state index contributed by atoms with van der Waals surface area (Å²) in [7, 11) is 0. The predicted octanol–water partition coefficient (Wildman–Crippen LogP) is 1.74. The van der Waals surface area contributed by atoms with E-state index in [1.807, 2.05) is 30.3 Å². The van der Waals surface area contributed by atoms with Crippen LogP contribution in [0.3, 0.4) is 0 Å². The molecule has 2 aliphatic heterocycles. The zero-order valence-corrected chi connectivity index (χ0v) is 16.3. The maximum atomic E-state index is 12.8. The first-order chi connectivity index (χ1) is 14.5. The molecule has 0 saturated carbocycles. The highest BCUT2D eigenvalue weighted by molar-refractivity contribution is 6.05. The van der Waals surface area contributed by atoms with Crippen molar-refractivity contribution >= 4 is 23.4 Å². The van der Waals surface area contributed by atoms with Crippen molar-refractivity contribution in [2.24, 2.45) is 5.73 Å². The van der Waals surface area contributed by atoms with Crippen LogP contribution in [0.4, 0.5) is 5.69 Å². The number of carbonyl (C=O) groups excluding carboxylic acids is 3. The largest absolute Gasteiger partial charge is 0.487 e. The Hall–Kier alpha value is -3.81. The fourth-order valence-electron chi connectivity index (χ4n) is 3.61. The summed E-state index contributed by atoms with van der Waals surface area (Å²) in [5, 5.41) is 5.40. The lowest BCUT2D eigenvalue weighted by Gasteiger charge is -2.29. The van der Waals surface area contributed by atoms with Crippen LogP contribution in [0.2, 0.25) is 0 Å². The SMILES string of the molecule is N/C(=C\Nc1ccccc1)COc1cccc2c1CN(C1CCC(=O)NC1=O)C2=O. The number of hydrogen-bond acceptors (Lipinski definition) is 6. The Labute approximate surface area is 173 Å².